The quantitative estimate of drug-likeness (QED) is 0.811. The Labute approximate surface area is 108 Å². The number of methoxy groups -OCH3 is 2. The smallest absolute Gasteiger partial charge is 0.316 e. The van der Waals surface area contributed by atoms with Gasteiger partial charge in [-0.05, 0) is 19.8 Å². The molecular formula is C13H21N3O2. The maximum atomic E-state index is 5.54. The van der Waals surface area contributed by atoms with Crippen LogP contribution < -0.4 is 4.74 Å². The predicted octanol–water partition coefficient (Wildman–Crippen LogP) is 1.49. The molecular weight excluding hydrogens is 230 g/mol. The zero-order valence-corrected chi connectivity index (χ0v) is 11.3. The predicted molar refractivity (Wildman–Crippen MR) is 68.5 cm³/mol. The Morgan fingerprint density at radius 1 is 1.22 bits per heavy atom. The second-order valence-corrected chi connectivity index (χ2v) is 5.01. The monoisotopic (exact) mass is 251 g/mol. The second-order valence-electron chi connectivity index (χ2n) is 5.01. The SMILES string of the molecule is COc1ncc(CN2CCC(C)(OC)CC2)cn1. The van der Waals surface area contributed by atoms with Crippen LogP contribution >= 0.6 is 0 Å². The molecule has 0 radical (unpaired) electrons. The van der Waals surface area contributed by atoms with Crippen LogP contribution in [0.25, 0.3) is 0 Å². The van der Waals surface area contributed by atoms with E-state index in [0.717, 1.165) is 38.0 Å². The standard InChI is InChI=1S/C13H21N3O2/c1-13(18-3)4-6-16(7-5-13)10-11-8-14-12(17-2)15-9-11/h8-9H,4-7,10H2,1-3H3. The van der Waals surface area contributed by atoms with Gasteiger partial charge in [-0.15, -0.1) is 0 Å². The van der Waals surface area contributed by atoms with Gasteiger partial charge in [-0.2, -0.15) is 0 Å². The first-order chi connectivity index (χ1) is 8.65. The van der Waals surface area contributed by atoms with E-state index in [-0.39, 0.29) is 5.60 Å². The van der Waals surface area contributed by atoms with E-state index >= 15 is 0 Å². The third-order valence-corrected chi connectivity index (χ3v) is 3.68. The molecule has 1 aliphatic heterocycles. The van der Waals surface area contributed by atoms with Gasteiger partial charge >= 0.3 is 6.01 Å². The summed E-state index contributed by atoms with van der Waals surface area (Å²) in [6.07, 6.45) is 5.80. The zero-order chi connectivity index (χ0) is 13.0. The van der Waals surface area contributed by atoms with E-state index in [2.05, 4.69) is 21.8 Å². The van der Waals surface area contributed by atoms with Gasteiger partial charge in [-0.1, -0.05) is 0 Å². The Morgan fingerprint density at radius 3 is 2.33 bits per heavy atom. The van der Waals surface area contributed by atoms with Crippen LogP contribution in [0.5, 0.6) is 6.01 Å². The lowest BCUT2D eigenvalue weighted by molar-refractivity contribution is -0.0440. The molecule has 2 heterocycles. The molecule has 5 heteroatoms. The molecule has 1 saturated heterocycles. The van der Waals surface area contributed by atoms with E-state index in [9.17, 15) is 0 Å². The lowest BCUT2D eigenvalue weighted by Gasteiger charge is -2.38. The second kappa shape index (κ2) is 5.63. The van der Waals surface area contributed by atoms with Gasteiger partial charge in [0, 0.05) is 44.7 Å². The highest BCUT2D eigenvalue weighted by Gasteiger charge is 2.29. The summed E-state index contributed by atoms with van der Waals surface area (Å²) in [5.41, 5.74) is 1.17. The zero-order valence-electron chi connectivity index (χ0n) is 11.3. The van der Waals surface area contributed by atoms with Crippen molar-refractivity contribution in [3.63, 3.8) is 0 Å². The topological polar surface area (TPSA) is 47.5 Å². The summed E-state index contributed by atoms with van der Waals surface area (Å²) < 4.78 is 10.5. The Kier molecular flexibility index (Phi) is 4.14. The lowest BCUT2D eigenvalue weighted by Crippen LogP contribution is -2.43. The molecule has 1 aromatic rings. The summed E-state index contributed by atoms with van der Waals surface area (Å²) in [6.45, 7) is 5.18. The molecule has 1 aliphatic rings. The van der Waals surface area contributed by atoms with Crippen molar-refractivity contribution in [2.75, 3.05) is 27.3 Å². The van der Waals surface area contributed by atoms with Gasteiger partial charge in [0.05, 0.1) is 12.7 Å². The normalized spacial score (nSPS) is 19.7. The van der Waals surface area contributed by atoms with Gasteiger partial charge in [0.15, 0.2) is 0 Å². The van der Waals surface area contributed by atoms with Crippen LogP contribution in [-0.4, -0.2) is 47.8 Å². The summed E-state index contributed by atoms with van der Waals surface area (Å²) in [5.74, 6) is 0. The van der Waals surface area contributed by atoms with Gasteiger partial charge in [-0.25, -0.2) is 9.97 Å². The van der Waals surface area contributed by atoms with Crippen LogP contribution in [0.15, 0.2) is 12.4 Å². The van der Waals surface area contributed by atoms with Crippen LogP contribution in [-0.2, 0) is 11.3 Å². The van der Waals surface area contributed by atoms with Crippen molar-refractivity contribution < 1.29 is 9.47 Å². The van der Waals surface area contributed by atoms with E-state index in [1.807, 2.05) is 12.4 Å². The average Bonchev–Trinajstić information content (AvgIpc) is 2.42. The summed E-state index contributed by atoms with van der Waals surface area (Å²) >= 11 is 0. The molecule has 1 aromatic heterocycles. The first-order valence-electron chi connectivity index (χ1n) is 6.28. The van der Waals surface area contributed by atoms with Gasteiger partial charge in [-0.3, -0.25) is 4.90 Å². The molecule has 100 valence electrons. The number of hydrogen-bond acceptors (Lipinski definition) is 5. The van der Waals surface area contributed by atoms with Crippen molar-refractivity contribution in [2.45, 2.75) is 31.9 Å². The molecule has 0 saturated carbocycles. The molecule has 0 atom stereocenters. The van der Waals surface area contributed by atoms with Gasteiger partial charge < -0.3 is 9.47 Å². The van der Waals surface area contributed by atoms with Crippen molar-refractivity contribution in [3.8, 4) is 6.01 Å². The first-order valence-corrected chi connectivity index (χ1v) is 6.28. The van der Waals surface area contributed by atoms with Crippen LogP contribution in [0.3, 0.4) is 0 Å². The number of aromatic nitrogens is 2. The van der Waals surface area contributed by atoms with Crippen molar-refractivity contribution in [1.29, 1.82) is 0 Å². The maximum Gasteiger partial charge on any atom is 0.316 e. The number of piperidine rings is 1. The molecule has 0 unspecified atom stereocenters. The van der Waals surface area contributed by atoms with Gasteiger partial charge in [0.25, 0.3) is 0 Å². The van der Waals surface area contributed by atoms with E-state index in [1.165, 1.54) is 0 Å². The highest BCUT2D eigenvalue weighted by atomic mass is 16.5. The van der Waals surface area contributed by atoms with Crippen LogP contribution in [0, 0.1) is 0 Å². The largest absolute Gasteiger partial charge is 0.467 e. The minimum absolute atomic E-state index is 0.0485. The van der Waals surface area contributed by atoms with E-state index < -0.39 is 0 Å². The van der Waals surface area contributed by atoms with Gasteiger partial charge in [0.2, 0.25) is 0 Å². The molecule has 0 spiro atoms. The number of rotatable bonds is 4. The fraction of sp³-hybridized carbons (Fsp3) is 0.692. The third kappa shape index (κ3) is 3.17. The molecule has 0 N–H and O–H groups in total. The number of likely N-dealkylation sites (tertiary alicyclic amines) is 1. The molecule has 0 bridgehead atoms. The molecule has 1 fully saturated rings. The summed E-state index contributed by atoms with van der Waals surface area (Å²) in [4.78, 5) is 10.7. The maximum absolute atomic E-state index is 5.54. The van der Waals surface area contributed by atoms with Crippen LogP contribution in [0.1, 0.15) is 25.3 Å². The number of ether oxygens (including phenoxy) is 2. The minimum Gasteiger partial charge on any atom is -0.467 e. The molecule has 5 nitrogen and oxygen atoms in total. The number of nitrogens with zero attached hydrogens (tertiary/aromatic N) is 3. The van der Waals surface area contributed by atoms with Crippen molar-refractivity contribution in [2.24, 2.45) is 0 Å². The third-order valence-electron chi connectivity index (χ3n) is 3.68. The molecule has 2 rings (SSSR count). The number of hydrogen-bond donors (Lipinski definition) is 0. The van der Waals surface area contributed by atoms with Gasteiger partial charge in [0.1, 0.15) is 0 Å². The Balaban J connectivity index is 1.87. The van der Waals surface area contributed by atoms with Crippen LogP contribution in [0.2, 0.25) is 0 Å². The summed E-state index contributed by atoms with van der Waals surface area (Å²) in [7, 11) is 3.37. The van der Waals surface area contributed by atoms with E-state index in [4.69, 9.17) is 9.47 Å². The summed E-state index contributed by atoms with van der Waals surface area (Å²) in [6, 6.07) is 0.421. The Bertz CT molecular complexity index is 372. The van der Waals surface area contributed by atoms with E-state index in [0.29, 0.717) is 6.01 Å². The fourth-order valence-corrected chi connectivity index (χ4v) is 2.18. The van der Waals surface area contributed by atoms with Crippen LogP contribution in [0.4, 0.5) is 0 Å². The highest BCUT2D eigenvalue weighted by molar-refractivity contribution is 5.07. The van der Waals surface area contributed by atoms with E-state index in [1.54, 1.807) is 14.2 Å². The van der Waals surface area contributed by atoms with Crippen molar-refractivity contribution in [3.05, 3.63) is 18.0 Å². The minimum atomic E-state index is 0.0485. The lowest BCUT2D eigenvalue weighted by atomic mass is 9.93. The average molecular weight is 251 g/mol. The molecule has 0 aromatic carbocycles. The Morgan fingerprint density at radius 2 is 1.83 bits per heavy atom. The fourth-order valence-electron chi connectivity index (χ4n) is 2.18. The molecule has 18 heavy (non-hydrogen) atoms. The molecule has 0 amide bonds. The summed E-state index contributed by atoms with van der Waals surface area (Å²) in [5, 5.41) is 0. The first kappa shape index (κ1) is 13.2. The highest BCUT2D eigenvalue weighted by Crippen LogP contribution is 2.25. The molecule has 0 aliphatic carbocycles. The van der Waals surface area contributed by atoms with Crippen molar-refractivity contribution in [1.82, 2.24) is 14.9 Å². The Hall–Kier alpha value is -1.20. The van der Waals surface area contributed by atoms with Crippen molar-refractivity contribution >= 4 is 0 Å².